The third-order valence-electron chi connectivity index (χ3n) is 3.39. The van der Waals surface area contributed by atoms with E-state index in [1.54, 1.807) is 12.1 Å². The highest BCUT2D eigenvalue weighted by Gasteiger charge is 2.22. The highest BCUT2D eigenvalue weighted by molar-refractivity contribution is 5.56. The maximum Gasteiger partial charge on any atom is 0.232 e. The first-order valence-corrected chi connectivity index (χ1v) is 7.64. The van der Waals surface area contributed by atoms with Crippen LogP contribution in [0.25, 0.3) is 11.4 Å². The Labute approximate surface area is 140 Å². The van der Waals surface area contributed by atoms with Crippen LogP contribution in [-0.4, -0.2) is 10.1 Å². The van der Waals surface area contributed by atoms with E-state index in [4.69, 9.17) is 4.52 Å². The molecule has 4 heteroatoms. The van der Waals surface area contributed by atoms with Crippen molar-refractivity contribution in [3.05, 3.63) is 71.4 Å². The molecule has 120 valence electrons. The molecule has 0 amide bonds. The molecule has 0 unspecified atom stereocenters. The van der Waals surface area contributed by atoms with Crippen molar-refractivity contribution in [1.29, 1.82) is 0 Å². The monoisotopic (exact) mass is 320 g/mol. The lowest BCUT2D eigenvalue weighted by Gasteiger charge is -2.10. The zero-order valence-corrected chi connectivity index (χ0v) is 13.8. The predicted octanol–water partition coefficient (Wildman–Crippen LogP) is 4.57. The van der Waals surface area contributed by atoms with Crippen LogP contribution in [0.15, 0.2) is 53.1 Å². The first-order chi connectivity index (χ1) is 11.4. The van der Waals surface area contributed by atoms with Crippen LogP contribution in [-0.2, 0) is 5.41 Å². The van der Waals surface area contributed by atoms with Crippen LogP contribution < -0.4 is 0 Å². The van der Waals surface area contributed by atoms with Crippen molar-refractivity contribution < 1.29 is 8.91 Å². The second-order valence-electron chi connectivity index (χ2n) is 6.51. The summed E-state index contributed by atoms with van der Waals surface area (Å²) in [6, 6.07) is 13.8. The minimum Gasteiger partial charge on any atom is -0.338 e. The number of hydrogen-bond acceptors (Lipinski definition) is 3. The third kappa shape index (κ3) is 3.69. The topological polar surface area (TPSA) is 38.9 Å². The number of halogens is 1. The summed E-state index contributed by atoms with van der Waals surface area (Å²) in [6.07, 6.45) is 0. The van der Waals surface area contributed by atoms with Crippen LogP contribution in [0.3, 0.4) is 0 Å². The summed E-state index contributed by atoms with van der Waals surface area (Å²) in [7, 11) is 0. The zero-order valence-electron chi connectivity index (χ0n) is 13.8. The van der Waals surface area contributed by atoms with E-state index in [0.29, 0.717) is 17.3 Å². The Kier molecular flexibility index (Phi) is 4.18. The smallest absolute Gasteiger partial charge is 0.232 e. The van der Waals surface area contributed by atoms with Crippen LogP contribution in [0.1, 0.15) is 37.8 Å². The molecular formula is C20H17FN2O. The highest BCUT2D eigenvalue weighted by atomic mass is 19.1. The summed E-state index contributed by atoms with van der Waals surface area (Å²) < 4.78 is 18.4. The molecule has 0 N–H and O–H groups in total. The summed E-state index contributed by atoms with van der Waals surface area (Å²) in [4.78, 5) is 4.43. The summed E-state index contributed by atoms with van der Waals surface area (Å²) in [5.41, 5.74) is 2.17. The Hall–Kier alpha value is -2.93. The van der Waals surface area contributed by atoms with Gasteiger partial charge in [0.1, 0.15) is 5.82 Å². The first-order valence-electron chi connectivity index (χ1n) is 7.64. The molecule has 3 nitrogen and oxygen atoms in total. The standard InChI is InChI=1S/C20H17FN2O/c1-20(2,3)19-22-18(23-24-19)16-11-9-14(10-12-16)7-8-15-5-4-6-17(21)13-15/h4-6,9-13H,1-3H3. The summed E-state index contributed by atoms with van der Waals surface area (Å²) in [5, 5.41) is 4.02. The van der Waals surface area contributed by atoms with Gasteiger partial charge in [0.15, 0.2) is 0 Å². The normalized spacial score (nSPS) is 11.0. The zero-order chi connectivity index (χ0) is 17.2. The summed E-state index contributed by atoms with van der Waals surface area (Å²) >= 11 is 0. The van der Waals surface area contributed by atoms with Crippen LogP contribution in [0.4, 0.5) is 4.39 Å². The van der Waals surface area contributed by atoms with Crippen LogP contribution in [0, 0.1) is 17.7 Å². The molecule has 0 radical (unpaired) electrons. The maximum absolute atomic E-state index is 13.1. The predicted molar refractivity (Wildman–Crippen MR) is 90.8 cm³/mol. The molecule has 1 aromatic heterocycles. The fourth-order valence-electron chi connectivity index (χ4n) is 2.06. The van der Waals surface area contributed by atoms with E-state index in [9.17, 15) is 4.39 Å². The van der Waals surface area contributed by atoms with Gasteiger partial charge in [0, 0.05) is 22.1 Å². The number of hydrogen-bond donors (Lipinski definition) is 0. The second kappa shape index (κ2) is 6.29. The van der Waals surface area contributed by atoms with Gasteiger partial charge in [-0.15, -0.1) is 0 Å². The van der Waals surface area contributed by atoms with Gasteiger partial charge >= 0.3 is 0 Å². The lowest BCUT2D eigenvalue weighted by molar-refractivity contribution is 0.321. The highest BCUT2D eigenvalue weighted by Crippen LogP contribution is 2.23. The average molecular weight is 320 g/mol. The molecule has 0 atom stereocenters. The fraction of sp³-hybridized carbons (Fsp3) is 0.200. The molecule has 3 aromatic rings. The Balaban J connectivity index is 1.80. The second-order valence-corrected chi connectivity index (χ2v) is 6.51. The van der Waals surface area contributed by atoms with Crippen molar-refractivity contribution in [2.45, 2.75) is 26.2 Å². The first kappa shape index (κ1) is 15.9. The minimum absolute atomic E-state index is 0.179. The Morgan fingerprint density at radius 3 is 2.29 bits per heavy atom. The van der Waals surface area contributed by atoms with Crippen LogP contribution >= 0.6 is 0 Å². The van der Waals surface area contributed by atoms with Gasteiger partial charge in [-0.2, -0.15) is 4.98 Å². The molecule has 0 aliphatic carbocycles. The molecule has 24 heavy (non-hydrogen) atoms. The number of aromatic nitrogens is 2. The van der Waals surface area contributed by atoms with Crippen molar-refractivity contribution in [2.24, 2.45) is 0 Å². The van der Waals surface area contributed by atoms with Crippen molar-refractivity contribution in [1.82, 2.24) is 10.1 Å². The lowest BCUT2D eigenvalue weighted by atomic mass is 9.97. The van der Waals surface area contributed by atoms with Gasteiger partial charge in [-0.3, -0.25) is 0 Å². The SMILES string of the molecule is CC(C)(C)c1nc(-c2ccc(C#Cc3cccc(F)c3)cc2)no1. The van der Waals surface area contributed by atoms with Crippen molar-refractivity contribution in [3.8, 4) is 23.2 Å². The largest absolute Gasteiger partial charge is 0.338 e. The Morgan fingerprint density at radius 1 is 0.958 bits per heavy atom. The van der Waals surface area contributed by atoms with E-state index < -0.39 is 0 Å². The average Bonchev–Trinajstić information content (AvgIpc) is 3.04. The maximum atomic E-state index is 13.1. The van der Waals surface area contributed by atoms with Gasteiger partial charge in [0.2, 0.25) is 11.7 Å². The van der Waals surface area contributed by atoms with E-state index in [-0.39, 0.29) is 11.2 Å². The minimum atomic E-state index is -0.288. The molecule has 0 aliphatic heterocycles. The lowest BCUT2D eigenvalue weighted by Crippen LogP contribution is -2.11. The van der Waals surface area contributed by atoms with E-state index in [0.717, 1.165) is 11.1 Å². The van der Waals surface area contributed by atoms with E-state index >= 15 is 0 Å². The van der Waals surface area contributed by atoms with Crippen molar-refractivity contribution >= 4 is 0 Å². The quantitative estimate of drug-likeness (QED) is 0.616. The van der Waals surface area contributed by atoms with Gasteiger partial charge in [0.05, 0.1) is 0 Å². The molecule has 0 spiro atoms. The molecule has 0 aliphatic rings. The van der Waals surface area contributed by atoms with E-state index in [1.165, 1.54) is 12.1 Å². The van der Waals surface area contributed by atoms with Crippen molar-refractivity contribution in [2.75, 3.05) is 0 Å². The van der Waals surface area contributed by atoms with Gasteiger partial charge in [0.25, 0.3) is 0 Å². The van der Waals surface area contributed by atoms with Gasteiger partial charge in [-0.25, -0.2) is 4.39 Å². The molecule has 0 saturated heterocycles. The van der Waals surface area contributed by atoms with Gasteiger partial charge in [-0.05, 0) is 42.5 Å². The Morgan fingerprint density at radius 2 is 1.67 bits per heavy atom. The molecule has 0 fully saturated rings. The molecule has 0 bridgehead atoms. The van der Waals surface area contributed by atoms with Gasteiger partial charge < -0.3 is 4.52 Å². The van der Waals surface area contributed by atoms with Crippen LogP contribution in [0.2, 0.25) is 0 Å². The molecule has 2 aromatic carbocycles. The summed E-state index contributed by atoms with van der Waals surface area (Å²) in [5.74, 6) is 6.84. The fourth-order valence-corrected chi connectivity index (χ4v) is 2.06. The summed E-state index contributed by atoms with van der Waals surface area (Å²) in [6.45, 7) is 6.07. The van der Waals surface area contributed by atoms with Crippen molar-refractivity contribution in [3.63, 3.8) is 0 Å². The van der Waals surface area contributed by atoms with Gasteiger partial charge in [-0.1, -0.05) is 43.8 Å². The third-order valence-corrected chi connectivity index (χ3v) is 3.39. The Bertz CT molecular complexity index is 909. The molecule has 0 saturated carbocycles. The number of rotatable bonds is 1. The molecule has 3 rings (SSSR count). The molecule has 1 heterocycles. The van der Waals surface area contributed by atoms with E-state index in [1.807, 2.05) is 45.0 Å². The molecular weight excluding hydrogens is 303 g/mol. The van der Waals surface area contributed by atoms with Crippen LogP contribution in [0.5, 0.6) is 0 Å². The number of nitrogens with zero attached hydrogens (tertiary/aromatic N) is 2. The number of benzene rings is 2. The van der Waals surface area contributed by atoms with E-state index in [2.05, 4.69) is 22.0 Å².